The number of benzene rings is 1. The number of nitrogens with zero attached hydrogens (tertiary/aromatic N) is 2. The maximum atomic E-state index is 13.9. The number of hydrogen-bond acceptors (Lipinski definition) is 4. The van der Waals surface area contributed by atoms with Crippen molar-refractivity contribution in [3.63, 3.8) is 0 Å². The molecule has 1 aliphatic heterocycles. The molecular formula is C12H16FN3O2. The summed E-state index contributed by atoms with van der Waals surface area (Å²) in [5.41, 5.74) is 5.35. The number of anilines is 1. The summed E-state index contributed by atoms with van der Waals surface area (Å²) in [5, 5.41) is 21.2. The number of oxime groups is 1. The molecule has 0 aliphatic carbocycles. The summed E-state index contributed by atoms with van der Waals surface area (Å²) in [5.74, 6) is -0.578. The second-order valence-corrected chi connectivity index (χ2v) is 4.82. The Balaban J connectivity index is 2.26. The van der Waals surface area contributed by atoms with Crippen molar-refractivity contribution in [2.24, 2.45) is 10.9 Å². The average molecular weight is 253 g/mol. The molecule has 6 heteroatoms. The van der Waals surface area contributed by atoms with E-state index in [4.69, 9.17) is 10.9 Å². The molecule has 1 aliphatic rings. The Bertz CT molecular complexity index is 488. The maximum absolute atomic E-state index is 13.9. The highest BCUT2D eigenvalue weighted by atomic mass is 19.1. The summed E-state index contributed by atoms with van der Waals surface area (Å²) in [4.78, 5) is 1.78. The number of nitrogens with two attached hydrogens (primary N) is 1. The van der Waals surface area contributed by atoms with E-state index in [0.29, 0.717) is 30.8 Å². The molecule has 2 rings (SSSR count). The molecule has 0 amide bonds. The van der Waals surface area contributed by atoms with Gasteiger partial charge in [0.25, 0.3) is 0 Å². The molecule has 0 spiro atoms. The van der Waals surface area contributed by atoms with Crippen molar-refractivity contribution >= 4 is 11.5 Å². The molecular weight excluding hydrogens is 237 g/mol. The number of hydrogen-bond donors (Lipinski definition) is 3. The van der Waals surface area contributed by atoms with Gasteiger partial charge in [-0.05, 0) is 31.5 Å². The number of halogens is 1. The van der Waals surface area contributed by atoms with Crippen LogP contribution >= 0.6 is 0 Å². The van der Waals surface area contributed by atoms with Crippen molar-refractivity contribution in [2.45, 2.75) is 18.9 Å². The number of amidine groups is 1. The van der Waals surface area contributed by atoms with E-state index in [1.165, 1.54) is 6.07 Å². The monoisotopic (exact) mass is 253 g/mol. The van der Waals surface area contributed by atoms with Gasteiger partial charge in [-0.1, -0.05) is 5.16 Å². The topological polar surface area (TPSA) is 82.1 Å². The lowest BCUT2D eigenvalue weighted by Gasteiger charge is -2.21. The van der Waals surface area contributed by atoms with Crippen molar-refractivity contribution < 1.29 is 14.7 Å². The summed E-state index contributed by atoms with van der Waals surface area (Å²) in [6, 6.07) is 4.38. The van der Waals surface area contributed by atoms with Crippen molar-refractivity contribution in [3.8, 4) is 0 Å². The summed E-state index contributed by atoms with van der Waals surface area (Å²) < 4.78 is 13.9. The summed E-state index contributed by atoms with van der Waals surface area (Å²) >= 11 is 0. The Morgan fingerprint density at radius 1 is 1.56 bits per heavy atom. The van der Waals surface area contributed by atoms with E-state index in [1.807, 2.05) is 0 Å². The summed E-state index contributed by atoms with van der Waals surface area (Å²) in [7, 11) is 0. The van der Waals surface area contributed by atoms with Crippen LogP contribution in [0.1, 0.15) is 18.9 Å². The molecule has 1 heterocycles. The van der Waals surface area contributed by atoms with Crippen LogP contribution in [0.15, 0.2) is 23.4 Å². The Morgan fingerprint density at radius 3 is 2.78 bits per heavy atom. The molecule has 1 fully saturated rings. The minimum absolute atomic E-state index is 0.131. The van der Waals surface area contributed by atoms with Gasteiger partial charge in [-0.2, -0.15) is 0 Å². The van der Waals surface area contributed by atoms with Gasteiger partial charge in [0.2, 0.25) is 0 Å². The zero-order chi connectivity index (χ0) is 13.3. The van der Waals surface area contributed by atoms with E-state index in [2.05, 4.69) is 5.16 Å². The Kier molecular flexibility index (Phi) is 3.13. The predicted molar refractivity (Wildman–Crippen MR) is 66.4 cm³/mol. The molecule has 0 radical (unpaired) electrons. The van der Waals surface area contributed by atoms with Gasteiger partial charge in [0, 0.05) is 18.7 Å². The van der Waals surface area contributed by atoms with Gasteiger partial charge in [0.15, 0.2) is 5.84 Å². The lowest BCUT2D eigenvalue weighted by atomic mass is 10.1. The fourth-order valence-corrected chi connectivity index (χ4v) is 2.13. The molecule has 0 bridgehead atoms. The zero-order valence-corrected chi connectivity index (χ0v) is 10.1. The van der Waals surface area contributed by atoms with E-state index in [0.717, 1.165) is 0 Å². The van der Waals surface area contributed by atoms with Crippen LogP contribution in [0, 0.1) is 5.82 Å². The lowest BCUT2D eigenvalue weighted by molar-refractivity contribution is 0.0839. The zero-order valence-electron chi connectivity index (χ0n) is 10.1. The molecule has 1 saturated heterocycles. The second kappa shape index (κ2) is 4.45. The van der Waals surface area contributed by atoms with Crippen molar-refractivity contribution in [3.05, 3.63) is 29.6 Å². The molecule has 1 aromatic rings. The van der Waals surface area contributed by atoms with Crippen molar-refractivity contribution in [2.75, 3.05) is 18.0 Å². The number of β-amino-alcohol motifs (C(OH)–C–C–N with tert-alkyl or cyclic N) is 1. The van der Waals surface area contributed by atoms with Crippen LogP contribution in [-0.4, -0.2) is 34.8 Å². The molecule has 5 nitrogen and oxygen atoms in total. The normalized spacial score (nSPS) is 24.6. The minimum Gasteiger partial charge on any atom is -0.409 e. The second-order valence-electron chi connectivity index (χ2n) is 4.82. The largest absolute Gasteiger partial charge is 0.409 e. The van der Waals surface area contributed by atoms with Crippen molar-refractivity contribution in [1.82, 2.24) is 0 Å². The summed E-state index contributed by atoms with van der Waals surface area (Å²) in [6.45, 7) is 2.73. The lowest BCUT2D eigenvalue weighted by Crippen LogP contribution is -2.30. The highest BCUT2D eigenvalue weighted by Gasteiger charge is 2.32. The molecule has 4 N–H and O–H groups in total. The molecule has 18 heavy (non-hydrogen) atoms. The Labute approximate surface area is 104 Å². The fraction of sp³-hybridized carbons (Fsp3) is 0.417. The smallest absolute Gasteiger partial charge is 0.170 e. The third-order valence-electron chi connectivity index (χ3n) is 3.14. The molecule has 0 saturated carbocycles. The molecule has 1 atom stereocenters. The van der Waals surface area contributed by atoms with E-state index >= 15 is 0 Å². The molecule has 0 aromatic heterocycles. The minimum atomic E-state index is -0.781. The first-order valence-corrected chi connectivity index (χ1v) is 5.68. The standard InChI is InChI=1S/C12H16FN3O2/c1-12(17)4-5-16(7-12)10-3-2-8(6-9(10)13)11(14)15-18/h2-3,6,17-18H,4-5,7H2,1H3,(H2,14,15). The molecule has 98 valence electrons. The van der Waals surface area contributed by atoms with Gasteiger partial charge in [-0.3, -0.25) is 0 Å². The maximum Gasteiger partial charge on any atom is 0.170 e. The first-order valence-electron chi connectivity index (χ1n) is 5.68. The van der Waals surface area contributed by atoms with E-state index in [1.54, 1.807) is 24.0 Å². The fourth-order valence-electron chi connectivity index (χ4n) is 2.13. The van der Waals surface area contributed by atoms with Gasteiger partial charge in [0.1, 0.15) is 5.82 Å². The third kappa shape index (κ3) is 2.38. The number of rotatable bonds is 2. The van der Waals surface area contributed by atoms with Crippen LogP contribution in [0.2, 0.25) is 0 Å². The van der Waals surface area contributed by atoms with E-state index in [9.17, 15) is 9.50 Å². The highest BCUT2D eigenvalue weighted by Crippen LogP contribution is 2.28. The molecule has 1 unspecified atom stereocenters. The van der Waals surface area contributed by atoms with Gasteiger partial charge >= 0.3 is 0 Å². The van der Waals surface area contributed by atoms with Gasteiger partial charge in [0.05, 0.1) is 11.3 Å². The SMILES string of the molecule is CC1(O)CCN(c2ccc(/C(N)=N/O)cc2F)C1. The Morgan fingerprint density at radius 2 is 2.28 bits per heavy atom. The van der Waals surface area contributed by atoms with Crippen LogP contribution in [0.5, 0.6) is 0 Å². The summed E-state index contributed by atoms with van der Waals surface area (Å²) in [6.07, 6.45) is 0.606. The van der Waals surface area contributed by atoms with E-state index < -0.39 is 11.4 Å². The first kappa shape index (κ1) is 12.6. The first-order chi connectivity index (χ1) is 8.43. The van der Waals surface area contributed by atoms with Gasteiger partial charge in [-0.25, -0.2) is 4.39 Å². The van der Waals surface area contributed by atoms with Gasteiger partial charge < -0.3 is 20.9 Å². The van der Waals surface area contributed by atoms with Crippen LogP contribution in [0.4, 0.5) is 10.1 Å². The number of aliphatic hydroxyl groups is 1. The highest BCUT2D eigenvalue weighted by molar-refractivity contribution is 5.97. The quantitative estimate of drug-likeness (QED) is 0.316. The van der Waals surface area contributed by atoms with Gasteiger partial charge in [-0.15, -0.1) is 0 Å². The van der Waals surface area contributed by atoms with E-state index in [-0.39, 0.29) is 5.84 Å². The average Bonchev–Trinajstić information content (AvgIpc) is 2.68. The van der Waals surface area contributed by atoms with Crippen LogP contribution in [0.25, 0.3) is 0 Å². The van der Waals surface area contributed by atoms with Crippen LogP contribution in [-0.2, 0) is 0 Å². The predicted octanol–water partition coefficient (Wildman–Crippen LogP) is 0.881. The van der Waals surface area contributed by atoms with Crippen LogP contribution in [0.3, 0.4) is 0 Å². The Hall–Kier alpha value is -1.82. The van der Waals surface area contributed by atoms with Crippen molar-refractivity contribution in [1.29, 1.82) is 0 Å². The molecule has 1 aromatic carbocycles. The van der Waals surface area contributed by atoms with Crippen LogP contribution < -0.4 is 10.6 Å². The third-order valence-corrected chi connectivity index (χ3v) is 3.14.